The number of benzene rings is 1. The van der Waals surface area contributed by atoms with Gasteiger partial charge < -0.3 is 15.5 Å². The summed E-state index contributed by atoms with van der Waals surface area (Å²) in [6.07, 6.45) is 0. The molecule has 0 radical (unpaired) electrons. The number of carbonyl (C=O) groups is 2. The number of carbonyl (C=O) groups excluding carboxylic acids is 2. The maximum Gasteiger partial charge on any atom is 0.275 e. The van der Waals surface area contributed by atoms with Gasteiger partial charge in [-0.3, -0.25) is 9.59 Å². The lowest BCUT2D eigenvalue weighted by atomic mass is 10.1. The van der Waals surface area contributed by atoms with E-state index in [9.17, 15) is 18.4 Å². The molecule has 3 N–H and O–H groups in total. The largest absolute Gasteiger partial charge is 0.349 e. The third kappa shape index (κ3) is 6.62. The van der Waals surface area contributed by atoms with Crippen molar-refractivity contribution in [3.8, 4) is 0 Å². The van der Waals surface area contributed by atoms with Crippen LogP contribution in [0.1, 0.15) is 39.3 Å². The van der Waals surface area contributed by atoms with Crippen molar-refractivity contribution in [3.63, 3.8) is 0 Å². The van der Waals surface area contributed by atoms with E-state index in [0.717, 1.165) is 17.0 Å². The summed E-state index contributed by atoms with van der Waals surface area (Å²) < 4.78 is 26.7. The number of rotatable bonds is 8. The Bertz CT molecular complexity index is 579. The predicted octanol–water partition coefficient (Wildman–Crippen LogP) is 0.571. The highest BCUT2D eigenvalue weighted by Crippen LogP contribution is 2.17. The van der Waals surface area contributed by atoms with Crippen LogP contribution in [0, 0.1) is 11.6 Å². The first-order chi connectivity index (χ1) is 11.2. The molecule has 1 unspecified atom stereocenters. The molecule has 134 valence electrons. The van der Waals surface area contributed by atoms with Gasteiger partial charge in [-0.15, -0.1) is 0 Å². The molecule has 0 aromatic heterocycles. The molecule has 1 aromatic carbocycles. The molecule has 5 nitrogen and oxygen atoms in total. The van der Waals surface area contributed by atoms with Crippen molar-refractivity contribution < 1.29 is 23.3 Å². The molecule has 0 saturated heterocycles. The Morgan fingerprint density at radius 3 is 2.17 bits per heavy atom. The van der Waals surface area contributed by atoms with Crippen molar-refractivity contribution >= 4 is 11.8 Å². The summed E-state index contributed by atoms with van der Waals surface area (Å²) in [5, 5.41) is 5.46. The lowest BCUT2D eigenvalue weighted by Gasteiger charge is -2.20. The molecule has 0 saturated carbocycles. The molecule has 0 spiro atoms. The van der Waals surface area contributed by atoms with Gasteiger partial charge in [-0.2, -0.15) is 0 Å². The highest BCUT2D eigenvalue weighted by Gasteiger charge is 2.20. The number of likely N-dealkylation sites (N-methyl/N-ethyl adjacent to an activating group) is 1. The van der Waals surface area contributed by atoms with E-state index in [1.165, 1.54) is 6.07 Å². The van der Waals surface area contributed by atoms with E-state index in [-0.39, 0.29) is 36.5 Å². The first kappa shape index (κ1) is 20.0. The lowest BCUT2D eigenvalue weighted by molar-refractivity contribution is -0.881. The number of hydrogen-bond donors (Lipinski definition) is 3. The molecule has 1 rings (SSSR count). The predicted molar refractivity (Wildman–Crippen MR) is 87.4 cm³/mol. The van der Waals surface area contributed by atoms with Crippen molar-refractivity contribution in [2.75, 3.05) is 19.6 Å². The van der Waals surface area contributed by atoms with E-state index < -0.39 is 17.7 Å². The SMILES string of the molecule is CC[NH+](CC(=O)NC(C)C)CC(=O)N[C@H](C)c1ccc(F)cc1F. The van der Waals surface area contributed by atoms with Crippen molar-refractivity contribution in [2.45, 2.75) is 39.8 Å². The summed E-state index contributed by atoms with van der Waals surface area (Å²) in [4.78, 5) is 24.7. The molecule has 0 aliphatic heterocycles. The molecule has 0 aliphatic rings. The molecule has 2 atom stereocenters. The smallest absolute Gasteiger partial charge is 0.275 e. The van der Waals surface area contributed by atoms with Gasteiger partial charge in [-0.1, -0.05) is 6.07 Å². The van der Waals surface area contributed by atoms with Gasteiger partial charge in [0.1, 0.15) is 11.6 Å². The fourth-order valence-corrected chi connectivity index (χ4v) is 2.36. The molecule has 0 aliphatic carbocycles. The minimum absolute atomic E-state index is 0.0471. The summed E-state index contributed by atoms with van der Waals surface area (Å²) in [6.45, 7) is 8.17. The summed E-state index contributed by atoms with van der Waals surface area (Å²) in [7, 11) is 0. The van der Waals surface area contributed by atoms with Gasteiger partial charge in [0.05, 0.1) is 12.6 Å². The maximum absolute atomic E-state index is 13.7. The van der Waals surface area contributed by atoms with Crippen LogP contribution < -0.4 is 15.5 Å². The maximum atomic E-state index is 13.7. The highest BCUT2D eigenvalue weighted by molar-refractivity contribution is 5.79. The fourth-order valence-electron chi connectivity index (χ4n) is 2.36. The first-order valence-corrected chi connectivity index (χ1v) is 8.10. The van der Waals surface area contributed by atoms with Gasteiger partial charge in [0, 0.05) is 17.7 Å². The lowest BCUT2D eigenvalue weighted by Crippen LogP contribution is -3.14. The Labute approximate surface area is 141 Å². The summed E-state index contributed by atoms with van der Waals surface area (Å²) in [5.74, 6) is -1.76. The fraction of sp³-hybridized carbons (Fsp3) is 0.529. The number of amides is 2. The molecular formula is C17H26F2N3O2+. The normalized spacial score (nSPS) is 13.5. The topological polar surface area (TPSA) is 62.6 Å². The van der Waals surface area contributed by atoms with Gasteiger partial charge in [-0.25, -0.2) is 8.78 Å². The minimum Gasteiger partial charge on any atom is -0.349 e. The van der Waals surface area contributed by atoms with Crippen LogP contribution in [0.15, 0.2) is 18.2 Å². The van der Waals surface area contributed by atoms with Gasteiger partial charge >= 0.3 is 0 Å². The van der Waals surface area contributed by atoms with Crippen LogP contribution in [-0.4, -0.2) is 37.5 Å². The molecule has 0 bridgehead atoms. The Hall–Kier alpha value is -2.02. The molecular weight excluding hydrogens is 316 g/mol. The van der Waals surface area contributed by atoms with E-state index in [0.29, 0.717) is 6.54 Å². The third-order valence-corrected chi connectivity index (χ3v) is 3.58. The molecule has 7 heteroatoms. The Morgan fingerprint density at radius 1 is 1.08 bits per heavy atom. The van der Waals surface area contributed by atoms with Crippen molar-refractivity contribution in [2.24, 2.45) is 0 Å². The van der Waals surface area contributed by atoms with Crippen LogP contribution in [-0.2, 0) is 9.59 Å². The average molecular weight is 342 g/mol. The molecule has 1 aromatic rings. The zero-order chi connectivity index (χ0) is 18.3. The van der Waals surface area contributed by atoms with E-state index >= 15 is 0 Å². The minimum atomic E-state index is -0.696. The van der Waals surface area contributed by atoms with E-state index in [2.05, 4.69) is 10.6 Å². The van der Waals surface area contributed by atoms with Gasteiger partial charge in [0.25, 0.3) is 11.8 Å². The number of nitrogens with one attached hydrogen (secondary N) is 3. The van der Waals surface area contributed by atoms with Crippen LogP contribution in [0.4, 0.5) is 8.78 Å². The Balaban J connectivity index is 2.58. The van der Waals surface area contributed by atoms with Crippen molar-refractivity contribution in [1.29, 1.82) is 0 Å². The monoisotopic (exact) mass is 342 g/mol. The van der Waals surface area contributed by atoms with E-state index in [1.807, 2.05) is 20.8 Å². The second kappa shape index (κ2) is 9.32. The van der Waals surface area contributed by atoms with E-state index in [1.54, 1.807) is 6.92 Å². The number of halogens is 2. The zero-order valence-electron chi connectivity index (χ0n) is 14.6. The van der Waals surface area contributed by atoms with Crippen LogP contribution >= 0.6 is 0 Å². The molecule has 2 amide bonds. The second-order valence-electron chi connectivity index (χ2n) is 6.13. The third-order valence-electron chi connectivity index (χ3n) is 3.58. The number of quaternary nitrogens is 1. The standard InChI is InChI=1S/C17H25F2N3O2/c1-5-22(9-16(23)20-11(2)3)10-17(24)21-12(4)14-7-6-13(18)8-15(14)19/h6-8,11-12H,5,9-10H2,1-4H3,(H,20,23)(H,21,24)/p+1/t12-/m1/s1. The van der Waals surface area contributed by atoms with E-state index in [4.69, 9.17) is 0 Å². The van der Waals surface area contributed by atoms with Crippen LogP contribution in [0.5, 0.6) is 0 Å². The van der Waals surface area contributed by atoms with Crippen LogP contribution in [0.3, 0.4) is 0 Å². The van der Waals surface area contributed by atoms with Crippen molar-refractivity contribution in [1.82, 2.24) is 10.6 Å². The Morgan fingerprint density at radius 2 is 1.67 bits per heavy atom. The molecule has 0 heterocycles. The summed E-state index contributed by atoms with van der Waals surface area (Å²) in [5.41, 5.74) is 0.223. The Kier molecular flexibility index (Phi) is 7.78. The summed E-state index contributed by atoms with van der Waals surface area (Å²) >= 11 is 0. The van der Waals surface area contributed by atoms with Crippen LogP contribution in [0.2, 0.25) is 0 Å². The van der Waals surface area contributed by atoms with Gasteiger partial charge in [0.2, 0.25) is 0 Å². The molecule has 0 fully saturated rings. The second-order valence-corrected chi connectivity index (χ2v) is 6.13. The van der Waals surface area contributed by atoms with Crippen molar-refractivity contribution in [3.05, 3.63) is 35.4 Å². The first-order valence-electron chi connectivity index (χ1n) is 8.10. The average Bonchev–Trinajstić information content (AvgIpc) is 2.45. The zero-order valence-corrected chi connectivity index (χ0v) is 14.6. The summed E-state index contributed by atoms with van der Waals surface area (Å²) in [6, 6.07) is 2.72. The van der Waals surface area contributed by atoms with Crippen LogP contribution in [0.25, 0.3) is 0 Å². The molecule has 24 heavy (non-hydrogen) atoms. The van der Waals surface area contributed by atoms with Gasteiger partial charge in [-0.05, 0) is 33.8 Å². The quantitative estimate of drug-likeness (QED) is 0.647. The highest BCUT2D eigenvalue weighted by atomic mass is 19.1. The number of hydrogen-bond acceptors (Lipinski definition) is 2. The van der Waals surface area contributed by atoms with Gasteiger partial charge in [0.15, 0.2) is 13.1 Å².